The third-order valence-electron chi connectivity index (χ3n) is 2.88. The molecule has 4 nitrogen and oxygen atoms in total. The minimum Gasteiger partial charge on any atom is -0.467 e. The zero-order chi connectivity index (χ0) is 10.8. The third kappa shape index (κ3) is 2.45. The van der Waals surface area contributed by atoms with Gasteiger partial charge in [0.1, 0.15) is 0 Å². The lowest BCUT2D eigenvalue weighted by Gasteiger charge is -2.37. The van der Waals surface area contributed by atoms with Gasteiger partial charge in [-0.05, 0) is 26.8 Å². The molecule has 0 aromatic rings. The molecule has 0 aromatic carbocycles. The van der Waals surface area contributed by atoms with E-state index in [1.807, 2.05) is 11.9 Å². The lowest BCUT2D eigenvalue weighted by molar-refractivity contribution is -0.162. The van der Waals surface area contributed by atoms with E-state index >= 15 is 0 Å². The Balaban J connectivity index is 2.44. The topological polar surface area (TPSA) is 49.8 Å². The summed E-state index contributed by atoms with van der Waals surface area (Å²) in [5.74, 6) is -0.566. The van der Waals surface area contributed by atoms with Crippen LogP contribution in [0.4, 0.5) is 0 Å². The predicted molar refractivity (Wildman–Crippen MR) is 52.9 cm³/mol. The lowest BCUT2D eigenvalue weighted by Crippen LogP contribution is -2.50. The van der Waals surface area contributed by atoms with E-state index in [2.05, 4.69) is 4.74 Å². The molecule has 1 fully saturated rings. The summed E-state index contributed by atoms with van der Waals surface area (Å²) < 4.78 is 4.53. The molecule has 4 heteroatoms. The summed E-state index contributed by atoms with van der Waals surface area (Å²) in [7, 11) is 3.22. The van der Waals surface area contributed by atoms with Gasteiger partial charge >= 0.3 is 5.97 Å². The number of hydrogen-bond donors (Lipinski definition) is 1. The van der Waals surface area contributed by atoms with Crippen molar-refractivity contribution in [3.05, 3.63) is 0 Å². The van der Waals surface area contributed by atoms with Gasteiger partial charge in [-0.1, -0.05) is 6.42 Å². The van der Waals surface area contributed by atoms with E-state index in [4.69, 9.17) is 0 Å². The molecule has 0 amide bonds. The normalized spacial score (nSPS) is 21.5. The summed E-state index contributed by atoms with van der Waals surface area (Å²) in [6.45, 7) is 1.83. The van der Waals surface area contributed by atoms with Crippen LogP contribution in [0, 0.1) is 0 Å². The van der Waals surface area contributed by atoms with E-state index in [1.165, 1.54) is 20.5 Å². The van der Waals surface area contributed by atoms with Crippen molar-refractivity contribution in [1.82, 2.24) is 4.90 Å². The Kier molecular flexibility index (Phi) is 3.50. The largest absolute Gasteiger partial charge is 0.467 e. The van der Waals surface area contributed by atoms with E-state index in [-0.39, 0.29) is 0 Å². The molecule has 1 N–H and O–H groups in total. The van der Waals surface area contributed by atoms with E-state index < -0.39 is 11.6 Å². The number of carbonyl (C=O) groups is 1. The van der Waals surface area contributed by atoms with Gasteiger partial charge in [0.05, 0.1) is 7.11 Å². The summed E-state index contributed by atoms with van der Waals surface area (Å²) in [5.41, 5.74) is -1.39. The Morgan fingerprint density at radius 1 is 1.64 bits per heavy atom. The van der Waals surface area contributed by atoms with Crippen LogP contribution in [0.3, 0.4) is 0 Å². The average molecular weight is 201 g/mol. The van der Waals surface area contributed by atoms with Gasteiger partial charge in [-0.2, -0.15) is 0 Å². The standard InChI is InChI=1S/C10H19NO3/c1-10(13,9(12)14-3)7-11(2)8-5-4-6-8/h8,13H,4-7H2,1-3H3. The number of aliphatic hydroxyl groups is 1. The van der Waals surface area contributed by atoms with Crippen molar-refractivity contribution in [1.29, 1.82) is 0 Å². The Morgan fingerprint density at radius 3 is 2.57 bits per heavy atom. The second-order valence-electron chi connectivity index (χ2n) is 4.27. The molecule has 82 valence electrons. The fourth-order valence-corrected chi connectivity index (χ4v) is 1.73. The Labute approximate surface area is 84.8 Å². The summed E-state index contributed by atoms with van der Waals surface area (Å²) in [5, 5.41) is 9.81. The predicted octanol–water partition coefficient (Wildman–Crippen LogP) is 0.395. The van der Waals surface area contributed by atoms with Gasteiger partial charge in [0, 0.05) is 12.6 Å². The van der Waals surface area contributed by atoms with Crippen LogP contribution in [0.25, 0.3) is 0 Å². The fraction of sp³-hybridized carbons (Fsp3) is 0.900. The van der Waals surface area contributed by atoms with E-state index in [0.717, 1.165) is 12.8 Å². The number of rotatable bonds is 4. The highest BCUT2D eigenvalue weighted by Crippen LogP contribution is 2.24. The van der Waals surface area contributed by atoms with Crippen molar-refractivity contribution in [3.63, 3.8) is 0 Å². The Morgan fingerprint density at radius 2 is 2.21 bits per heavy atom. The molecule has 0 heterocycles. The van der Waals surface area contributed by atoms with Crippen LogP contribution < -0.4 is 0 Å². The van der Waals surface area contributed by atoms with Crippen molar-refractivity contribution < 1.29 is 14.6 Å². The maximum atomic E-state index is 11.2. The van der Waals surface area contributed by atoms with Gasteiger partial charge in [-0.25, -0.2) is 4.79 Å². The zero-order valence-corrected chi connectivity index (χ0v) is 9.12. The minimum absolute atomic E-state index is 0.338. The molecule has 0 bridgehead atoms. The molecule has 1 saturated carbocycles. The molecule has 14 heavy (non-hydrogen) atoms. The molecule has 0 spiro atoms. The first-order chi connectivity index (χ1) is 6.47. The van der Waals surface area contributed by atoms with Gasteiger partial charge < -0.3 is 9.84 Å². The van der Waals surface area contributed by atoms with Crippen LogP contribution in [0.15, 0.2) is 0 Å². The Bertz CT molecular complexity index is 211. The first-order valence-electron chi connectivity index (χ1n) is 4.98. The number of methoxy groups -OCH3 is 1. The van der Waals surface area contributed by atoms with Gasteiger partial charge in [0.15, 0.2) is 5.60 Å². The smallest absolute Gasteiger partial charge is 0.338 e. The summed E-state index contributed by atoms with van der Waals surface area (Å²) >= 11 is 0. The summed E-state index contributed by atoms with van der Waals surface area (Å²) in [6, 6.07) is 0.520. The number of nitrogens with zero attached hydrogens (tertiary/aromatic N) is 1. The molecule has 1 aliphatic carbocycles. The summed E-state index contributed by atoms with van der Waals surface area (Å²) in [4.78, 5) is 13.2. The van der Waals surface area contributed by atoms with Crippen LogP contribution >= 0.6 is 0 Å². The quantitative estimate of drug-likeness (QED) is 0.669. The molecule has 0 aromatic heterocycles. The van der Waals surface area contributed by atoms with Gasteiger partial charge in [-0.3, -0.25) is 4.90 Å². The van der Waals surface area contributed by atoms with Gasteiger partial charge in [0.25, 0.3) is 0 Å². The van der Waals surface area contributed by atoms with Crippen molar-refractivity contribution in [2.24, 2.45) is 0 Å². The monoisotopic (exact) mass is 201 g/mol. The van der Waals surface area contributed by atoms with Crippen molar-refractivity contribution in [3.8, 4) is 0 Å². The molecule has 1 atom stereocenters. The molecular formula is C10H19NO3. The number of hydrogen-bond acceptors (Lipinski definition) is 4. The number of likely N-dealkylation sites (N-methyl/N-ethyl adjacent to an activating group) is 1. The van der Waals surface area contributed by atoms with Crippen LogP contribution in [-0.4, -0.2) is 48.3 Å². The maximum Gasteiger partial charge on any atom is 0.338 e. The van der Waals surface area contributed by atoms with Crippen molar-refractivity contribution in [2.45, 2.75) is 37.8 Å². The lowest BCUT2D eigenvalue weighted by atomic mass is 9.91. The van der Waals surface area contributed by atoms with Gasteiger partial charge in [0.2, 0.25) is 0 Å². The number of carbonyl (C=O) groups excluding carboxylic acids is 1. The molecule has 1 rings (SSSR count). The first-order valence-corrected chi connectivity index (χ1v) is 4.98. The van der Waals surface area contributed by atoms with Crippen LogP contribution in [0.2, 0.25) is 0 Å². The SMILES string of the molecule is COC(=O)C(C)(O)CN(C)C1CCC1. The summed E-state index contributed by atoms with van der Waals surface area (Å²) in [6.07, 6.45) is 3.57. The highest BCUT2D eigenvalue weighted by atomic mass is 16.5. The zero-order valence-electron chi connectivity index (χ0n) is 9.12. The fourth-order valence-electron chi connectivity index (χ4n) is 1.73. The van der Waals surface area contributed by atoms with Crippen molar-refractivity contribution in [2.75, 3.05) is 20.7 Å². The van der Waals surface area contributed by atoms with Gasteiger partial charge in [-0.15, -0.1) is 0 Å². The van der Waals surface area contributed by atoms with Crippen LogP contribution in [0.5, 0.6) is 0 Å². The van der Waals surface area contributed by atoms with Crippen LogP contribution in [0.1, 0.15) is 26.2 Å². The second-order valence-corrected chi connectivity index (χ2v) is 4.27. The number of esters is 1. The minimum atomic E-state index is -1.39. The average Bonchev–Trinajstić information content (AvgIpc) is 1.98. The molecule has 0 radical (unpaired) electrons. The highest BCUT2D eigenvalue weighted by Gasteiger charge is 2.35. The highest BCUT2D eigenvalue weighted by molar-refractivity contribution is 5.78. The maximum absolute atomic E-state index is 11.2. The third-order valence-corrected chi connectivity index (χ3v) is 2.88. The van der Waals surface area contributed by atoms with E-state index in [1.54, 1.807) is 0 Å². The molecule has 1 aliphatic rings. The van der Waals surface area contributed by atoms with E-state index in [0.29, 0.717) is 12.6 Å². The molecule has 0 aliphatic heterocycles. The second kappa shape index (κ2) is 4.28. The molecule has 0 saturated heterocycles. The molecule has 1 unspecified atom stereocenters. The van der Waals surface area contributed by atoms with Crippen molar-refractivity contribution >= 4 is 5.97 Å². The Hall–Kier alpha value is -0.610. The first kappa shape index (κ1) is 11.5. The molecular weight excluding hydrogens is 182 g/mol. The van der Waals surface area contributed by atoms with Crippen LogP contribution in [-0.2, 0) is 9.53 Å². The number of ether oxygens (including phenoxy) is 1. The van der Waals surface area contributed by atoms with E-state index in [9.17, 15) is 9.90 Å².